The number of hydrogen-bond acceptors (Lipinski definition) is 2. The van der Waals surface area contributed by atoms with E-state index in [9.17, 15) is 5.11 Å². The van der Waals surface area contributed by atoms with Crippen molar-refractivity contribution in [3.8, 4) is 5.75 Å². The van der Waals surface area contributed by atoms with Crippen LogP contribution in [0.4, 0.5) is 0 Å². The first-order valence-corrected chi connectivity index (χ1v) is 6.08. The zero-order chi connectivity index (χ0) is 12.4. The average molecular weight is 229 g/mol. The zero-order valence-corrected chi connectivity index (χ0v) is 10.4. The number of hydrogen-bond donors (Lipinski definition) is 2. The van der Waals surface area contributed by atoms with E-state index >= 15 is 0 Å². The lowest BCUT2D eigenvalue weighted by atomic mass is 9.94. The Balaban J connectivity index is 2.69. The van der Waals surface area contributed by atoms with E-state index in [1.165, 1.54) is 5.56 Å². The minimum Gasteiger partial charge on any atom is -0.507 e. The Morgan fingerprint density at radius 2 is 1.94 bits per heavy atom. The Hall–Kier alpha value is -1.54. The van der Waals surface area contributed by atoms with Gasteiger partial charge in [-0.15, -0.1) is 0 Å². The predicted octanol–water partition coefficient (Wildman–Crippen LogP) is 3.17. The largest absolute Gasteiger partial charge is 0.507 e. The maximum atomic E-state index is 10.0. The Morgan fingerprint density at radius 1 is 1.18 bits per heavy atom. The third-order valence-electron chi connectivity index (χ3n) is 3.12. The molecule has 0 saturated heterocycles. The summed E-state index contributed by atoms with van der Waals surface area (Å²) in [6.07, 6.45) is 0.802. The van der Waals surface area contributed by atoms with Crippen LogP contribution in [-0.2, 0) is 6.42 Å². The van der Waals surface area contributed by atoms with Crippen molar-refractivity contribution in [2.24, 2.45) is 5.73 Å². The molecule has 2 aromatic rings. The first kappa shape index (κ1) is 11.9. The van der Waals surface area contributed by atoms with E-state index < -0.39 is 0 Å². The second-order valence-electron chi connectivity index (χ2n) is 4.75. The molecule has 0 aliphatic carbocycles. The van der Waals surface area contributed by atoms with E-state index in [1.54, 1.807) is 0 Å². The molecule has 0 heterocycles. The number of phenolic OH excluding ortho intramolecular Hbond substituents is 1. The highest BCUT2D eigenvalue weighted by molar-refractivity contribution is 5.91. The van der Waals surface area contributed by atoms with Crippen molar-refractivity contribution in [3.63, 3.8) is 0 Å². The molecule has 2 aromatic carbocycles. The summed E-state index contributed by atoms with van der Waals surface area (Å²) >= 11 is 0. The molecule has 0 aliphatic heterocycles. The summed E-state index contributed by atoms with van der Waals surface area (Å²) in [5.74, 6) is 0.805. The Labute approximate surface area is 102 Å². The number of phenols is 1. The van der Waals surface area contributed by atoms with Crippen LogP contribution in [0.1, 0.15) is 30.9 Å². The molecular formula is C15H19NO. The summed E-state index contributed by atoms with van der Waals surface area (Å²) in [6.45, 7) is 4.94. The van der Waals surface area contributed by atoms with E-state index in [2.05, 4.69) is 26.0 Å². The first-order chi connectivity index (χ1) is 8.13. The smallest absolute Gasteiger partial charge is 0.123 e. The van der Waals surface area contributed by atoms with Crippen LogP contribution < -0.4 is 5.73 Å². The normalized spacial score (nSPS) is 11.3. The average Bonchev–Trinajstić information content (AvgIpc) is 2.28. The lowest BCUT2D eigenvalue weighted by molar-refractivity contribution is 0.481. The van der Waals surface area contributed by atoms with E-state index in [0.29, 0.717) is 18.2 Å². The minimum absolute atomic E-state index is 0.355. The Morgan fingerprint density at radius 3 is 2.59 bits per heavy atom. The van der Waals surface area contributed by atoms with E-state index in [4.69, 9.17) is 5.73 Å². The molecule has 0 unspecified atom stereocenters. The van der Waals surface area contributed by atoms with Gasteiger partial charge >= 0.3 is 0 Å². The molecule has 0 aliphatic rings. The van der Waals surface area contributed by atoms with Gasteiger partial charge in [0.2, 0.25) is 0 Å². The van der Waals surface area contributed by atoms with Gasteiger partial charge in [-0.05, 0) is 41.5 Å². The van der Waals surface area contributed by atoms with Crippen LogP contribution in [-0.4, -0.2) is 11.7 Å². The molecule has 3 N–H and O–H groups in total. The van der Waals surface area contributed by atoms with Crippen molar-refractivity contribution in [1.82, 2.24) is 0 Å². The fourth-order valence-corrected chi connectivity index (χ4v) is 2.26. The monoisotopic (exact) mass is 229 g/mol. The van der Waals surface area contributed by atoms with E-state index in [0.717, 1.165) is 22.8 Å². The number of fused-ring (bicyclic) bond motifs is 1. The SMILES string of the molecule is CC(C)c1cccc2c(O)cc(CCN)cc12. The van der Waals surface area contributed by atoms with Crippen molar-refractivity contribution in [3.05, 3.63) is 41.5 Å². The highest BCUT2D eigenvalue weighted by Gasteiger charge is 2.09. The van der Waals surface area contributed by atoms with Crippen LogP contribution in [0.25, 0.3) is 10.8 Å². The molecule has 0 fully saturated rings. The van der Waals surface area contributed by atoms with Crippen molar-refractivity contribution in [2.45, 2.75) is 26.2 Å². The molecule has 0 atom stereocenters. The molecule has 17 heavy (non-hydrogen) atoms. The van der Waals surface area contributed by atoms with Gasteiger partial charge in [0.05, 0.1) is 0 Å². The highest BCUT2D eigenvalue weighted by atomic mass is 16.3. The van der Waals surface area contributed by atoms with Gasteiger partial charge in [-0.1, -0.05) is 38.1 Å². The van der Waals surface area contributed by atoms with Crippen molar-refractivity contribution in [1.29, 1.82) is 0 Å². The fraction of sp³-hybridized carbons (Fsp3) is 0.333. The topological polar surface area (TPSA) is 46.2 Å². The first-order valence-electron chi connectivity index (χ1n) is 6.08. The van der Waals surface area contributed by atoms with Crippen LogP contribution in [0, 0.1) is 0 Å². The maximum Gasteiger partial charge on any atom is 0.123 e. The van der Waals surface area contributed by atoms with Gasteiger partial charge in [-0.3, -0.25) is 0 Å². The molecule has 0 aromatic heterocycles. The van der Waals surface area contributed by atoms with Crippen LogP contribution in [0.15, 0.2) is 30.3 Å². The third-order valence-corrected chi connectivity index (χ3v) is 3.12. The molecule has 2 nitrogen and oxygen atoms in total. The summed E-state index contributed by atoms with van der Waals surface area (Å²) in [6, 6.07) is 10.1. The second-order valence-corrected chi connectivity index (χ2v) is 4.75. The summed E-state index contributed by atoms with van der Waals surface area (Å²) in [5, 5.41) is 12.1. The molecule has 0 saturated carbocycles. The lowest BCUT2D eigenvalue weighted by Gasteiger charge is -2.12. The Kier molecular flexibility index (Phi) is 3.34. The minimum atomic E-state index is 0.355. The Bertz CT molecular complexity index is 532. The van der Waals surface area contributed by atoms with Crippen LogP contribution >= 0.6 is 0 Å². The third kappa shape index (κ3) is 2.27. The van der Waals surface area contributed by atoms with Gasteiger partial charge in [0, 0.05) is 5.39 Å². The number of benzene rings is 2. The zero-order valence-electron chi connectivity index (χ0n) is 10.4. The maximum absolute atomic E-state index is 10.0. The number of aromatic hydroxyl groups is 1. The quantitative estimate of drug-likeness (QED) is 0.849. The van der Waals surface area contributed by atoms with E-state index in [1.807, 2.05) is 18.2 Å². The summed E-state index contributed by atoms with van der Waals surface area (Å²) in [7, 11) is 0. The molecule has 2 rings (SSSR count). The van der Waals surface area contributed by atoms with Gasteiger partial charge in [-0.2, -0.15) is 0 Å². The second kappa shape index (κ2) is 4.76. The van der Waals surface area contributed by atoms with Gasteiger partial charge in [0.15, 0.2) is 0 Å². The highest BCUT2D eigenvalue weighted by Crippen LogP contribution is 2.32. The van der Waals surface area contributed by atoms with Crippen LogP contribution in [0.3, 0.4) is 0 Å². The summed E-state index contributed by atoms with van der Waals surface area (Å²) in [5.41, 5.74) is 7.95. The lowest BCUT2D eigenvalue weighted by Crippen LogP contribution is -2.02. The van der Waals surface area contributed by atoms with Crippen LogP contribution in [0.2, 0.25) is 0 Å². The van der Waals surface area contributed by atoms with E-state index in [-0.39, 0.29) is 0 Å². The molecule has 90 valence electrons. The molecule has 0 radical (unpaired) electrons. The molecule has 0 bridgehead atoms. The van der Waals surface area contributed by atoms with Crippen molar-refractivity contribution in [2.75, 3.05) is 6.54 Å². The predicted molar refractivity (Wildman–Crippen MR) is 72.5 cm³/mol. The fourth-order valence-electron chi connectivity index (χ4n) is 2.26. The summed E-state index contributed by atoms with van der Waals surface area (Å²) in [4.78, 5) is 0. The van der Waals surface area contributed by atoms with Crippen molar-refractivity contribution < 1.29 is 5.11 Å². The van der Waals surface area contributed by atoms with Gasteiger partial charge in [0.1, 0.15) is 5.75 Å². The number of rotatable bonds is 3. The molecular weight excluding hydrogens is 210 g/mol. The molecule has 0 spiro atoms. The van der Waals surface area contributed by atoms with Gasteiger partial charge in [-0.25, -0.2) is 0 Å². The molecule has 2 heteroatoms. The van der Waals surface area contributed by atoms with Gasteiger partial charge in [0.25, 0.3) is 0 Å². The number of nitrogens with two attached hydrogens (primary N) is 1. The van der Waals surface area contributed by atoms with Gasteiger partial charge < -0.3 is 10.8 Å². The van der Waals surface area contributed by atoms with Crippen molar-refractivity contribution >= 4 is 10.8 Å². The standard InChI is InChI=1S/C15H19NO/c1-10(2)12-4-3-5-13-14(12)8-11(6-7-16)9-15(13)17/h3-5,8-10,17H,6-7,16H2,1-2H3. The molecule has 0 amide bonds. The summed E-state index contributed by atoms with van der Waals surface area (Å²) < 4.78 is 0. The van der Waals surface area contributed by atoms with Crippen LogP contribution in [0.5, 0.6) is 5.75 Å².